The van der Waals surface area contributed by atoms with Crippen molar-refractivity contribution in [2.24, 2.45) is 5.92 Å². The zero-order valence-corrected chi connectivity index (χ0v) is 24.1. The van der Waals surface area contributed by atoms with Gasteiger partial charge in [0.25, 0.3) is 0 Å². The van der Waals surface area contributed by atoms with Crippen LogP contribution in [0.1, 0.15) is 44.9 Å². The molecule has 3 aliphatic rings. The molecule has 1 aliphatic heterocycles. The second-order valence-corrected chi connectivity index (χ2v) is 14.1. The number of nitriles is 1. The molecule has 0 atom stereocenters. The molecule has 0 spiro atoms. The van der Waals surface area contributed by atoms with Crippen molar-refractivity contribution in [3.63, 3.8) is 0 Å². The van der Waals surface area contributed by atoms with Gasteiger partial charge in [0.05, 0.1) is 22.5 Å². The summed E-state index contributed by atoms with van der Waals surface area (Å²) in [6.45, 7) is 1.13. The van der Waals surface area contributed by atoms with Gasteiger partial charge < -0.3 is 15.5 Å². The lowest BCUT2D eigenvalue weighted by Gasteiger charge is -2.28. The van der Waals surface area contributed by atoms with Crippen LogP contribution >= 0.6 is 11.3 Å². The second kappa shape index (κ2) is 12.4. The Morgan fingerprint density at radius 1 is 1.00 bits per heavy atom. The van der Waals surface area contributed by atoms with Gasteiger partial charge in [-0.15, -0.1) is 0 Å². The van der Waals surface area contributed by atoms with Gasteiger partial charge in [-0.05, 0) is 55.5 Å². The Balaban J connectivity index is 0.000000194. The van der Waals surface area contributed by atoms with Gasteiger partial charge in [-0.1, -0.05) is 60.9 Å². The summed E-state index contributed by atoms with van der Waals surface area (Å²) >= 11 is 1.61. The highest BCUT2D eigenvalue weighted by Gasteiger charge is 2.45. The number of carbonyl (C=O) groups is 1. The first-order valence-electron chi connectivity index (χ1n) is 13.9. The first-order chi connectivity index (χ1) is 19.3. The van der Waals surface area contributed by atoms with Crippen LogP contribution in [0.15, 0.2) is 60.8 Å². The summed E-state index contributed by atoms with van der Waals surface area (Å²) in [6, 6.07) is 20.4. The van der Waals surface area contributed by atoms with Crippen LogP contribution in [-0.4, -0.2) is 49.4 Å². The number of carbonyl (C=O) groups excluding carboxylic acids is 1. The van der Waals surface area contributed by atoms with E-state index < -0.39 is 15.4 Å². The van der Waals surface area contributed by atoms with Gasteiger partial charge in [0.1, 0.15) is 5.54 Å². The van der Waals surface area contributed by atoms with Gasteiger partial charge in [0.15, 0.2) is 15.0 Å². The zero-order valence-electron chi connectivity index (χ0n) is 22.5. The van der Waals surface area contributed by atoms with Crippen LogP contribution in [0.25, 0.3) is 10.4 Å². The minimum absolute atomic E-state index is 0.115. The summed E-state index contributed by atoms with van der Waals surface area (Å²) in [5, 5.41) is 15.9. The van der Waals surface area contributed by atoms with Gasteiger partial charge in [0, 0.05) is 36.6 Å². The summed E-state index contributed by atoms with van der Waals surface area (Å²) in [4.78, 5) is 19.4. The fourth-order valence-corrected chi connectivity index (χ4v) is 7.05. The van der Waals surface area contributed by atoms with Crippen LogP contribution < -0.4 is 15.5 Å². The van der Waals surface area contributed by atoms with Gasteiger partial charge in [-0.2, -0.15) is 5.26 Å². The molecule has 40 heavy (non-hydrogen) atoms. The Kier molecular flexibility index (Phi) is 8.72. The van der Waals surface area contributed by atoms with E-state index in [0.717, 1.165) is 65.5 Å². The number of aromatic nitrogens is 1. The Labute approximate surface area is 240 Å². The topological polar surface area (TPSA) is 115 Å². The molecule has 1 saturated heterocycles. The van der Waals surface area contributed by atoms with E-state index in [1.807, 2.05) is 36.5 Å². The van der Waals surface area contributed by atoms with Crippen molar-refractivity contribution >= 4 is 43.6 Å². The van der Waals surface area contributed by atoms with E-state index in [4.69, 9.17) is 5.26 Å². The third kappa shape index (κ3) is 7.40. The van der Waals surface area contributed by atoms with E-state index in [9.17, 15) is 13.2 Å². The van der Waals surface area contributed by atoms with E-state index in [-0.39, 0.29) is 23.3 Å². The number of hydrogen-bond acceptors (Lipinski definition) is 8. The third-order valence-electron chi connectivity index (χ3n) is 7.69. The predicted molar refractivity (Wildman–Crippen MR) is 160 cm³/mol. The Bertz CT molecular complexity index is 1420. The van der Waals surface area contributed by atoms with E-state index in [1.54, 1.807) is 11.3 Å². The molecule has 2 N–H and O–H groups in total. The molecule has 2 saturated carbocycles. The third-order valence-corrected chi connectivity index (χ3v) is 10.3. The Morgan fingerprint density at radius 3 is 2.30 bits per heavy atom. The summed E-state index contributed by atoms with van der Waals surface area (Å²) in [6.07, 6.45) is 9.14. The summed E-state index contributed by atoms with van der Waals surface area (Å²) in [5.41, 5.74) is 2.71. The van der Waals surface area contributed by atoms with Crippen molar-refractivity contribution in [2.75, 3.05) is 34.8 Å². The van der Waals surface area contributed by atoms with Crippen LogP contribution in [-0.2, 0) is 14.6 Å². The molecule has 3 fully saturated rings. The maximum atomic E-state index is 11.8. The van der Waals surface area contributed by atoms with Gasteiger partial charge in [-0.25, -0.2) is 13.4 Å². The molecule has 2 aromatic carbocycles. The van der Waals surface area contributed by atoms with E-state index >= 15 is 0 Å². The predicted octanol–water partition coefficient (Wildman–Crippen LogP) is 5.53. The number of benzene rings is 2. The Morgan fingerprint density at radius 2 is 1.68 bits per heavy atom. The molecule has 2 aliphatic carbocycles. The number of sulfone groups is 1. The summed E-state index contributed by atoms with van der Waals surface area (Å²) < 4.78 is 23.1. The number of nitrogens with one attached hydrogen (secondary N) is 2. The highest BCUT2D eigenvalue weighted by Crippen LogP contribution is 2.36. The Hall–Kier alpha value is -3.42. The highest BCUT2D eigenvalue weighted by atomic mass is 32.2. The minimum Gasteiger partial charge on any atom is -0.369 e. The lowest BCUT2D eigenvalue weighted by atomic mass is 9.88. The molecule has 0 unspecified atom stereocenters. The van der Waals surface area contributed by atoms with Crippen LogP contribution in [0.2, 0.25) is 0 Å². The second-order valence-electron chi connectivity index (χ2n) is 10.7. The zero-order chi connectivity index (χ0) is 28.0. The van der Waals surface area contributed by atoms with E-state index in [2.05, 4.69) is 50.9 Å². The quantitative estimate of drug-likeness (QED) is 0.396. The van der Waals surface area contributed by atoms with Crippen LogP contribution in [0.3, 0.4) is 0 Å². The molecule has 10 heteroatoms. The highest BCUT2D eigenvalue weighted by molar-refractivity contribution is 7.91. The molecular weight excluding hydrogens is 542 g/mol. The first-order valence-corrected chi connectivity index (χ1v) is 16.6. The van der Waals surface area contributed by atoms with E-state index in [1.165, 1.54) is 6.42 Å². The summed E-state index contributed by atoms with van der Waals surface area (Å²) in [5.74, 6) is 0.759. The van der Waals surface area contributed by atoms with Crippen molar-refractivity contribution < 1.29 is 13.2 Å². The van der Waals surface area contributed by atoms with Crippen LogP contribution in [0, 0.1) is 17.2 Å². The molecule has 0 bridgehead atoms. The first kappa shape index (κ1) is 28.1. The molecule has 1 amide bonds. The summed E-state index contributed by atoms with van der Waals surface area (Å²) in [7, 11) is -2.85. The number of thiazole rings is 1. The standard InChI is InChI=1S/C19H19N3O2S2.C11H16N2O/c23-26(24)12-10-22(11-13-26)17-8-6-15(7-9-17)18-14-20-19(25-18)21-16-4-2-1-3-5-16;12-8-11(6-7-11)13-10(14)9-4-2-1-3-5-9/h1-9,14H,10-13H2,(H,20,21);9H,1-7H2,(H,13,14). The lowest BCUT2D eigenvalue weighted by molar-refractivity contribution is -0.126. The molecule has 3 aromatic rings. The van der Waals surface area contributed by atoms with Gasteiger partial charge in [-0.3, -0.25) is 4.79 Å². The van der Waals surface area contributed by atoms with Crippen molar-refractivity contribution in [1.82, 2.24) is 10.3 Å². The molecule has 2 heterocycles. The fraction of sp³-hybridized carbons (Fsp3) is 0.433. The van der Waals surface area contributed by atoms with Crippen LogP contribution in [0.5, 0.6) is 0 Å². The fourth-order valence-electron chi connectivity index (χ4n) is 5.01. The normalized spacial score (nSPS) is 19.4. The molecule has 6 rings (SSSR count). The molecule has 1 aromatic heterocycles. The largest absolute Gasteiger partial charge is 0.369 e. The maximum absolute atomic E-state index is 11.8. The van der Waals surface area contributed by atoms with Crippen molar-refractivity contribution in [3.05, 3.63) is 60.8 Å². The minimum atomic E-state index is -2.85. The average molecular weight is 578 g/mol. The van der Waals surface area contributed by atoms with Gasteiger partial charge in [0.2, 0.25) is 5.91 Å². The van der Waals surface area contributed by atoms with Crippen LogP contribution in [0.4, 0.5) is 16.5 Å². The molecular formula is C30H35N5O3S2. The number of amides is 1. The van der Waals surface area contributed by atoms with E-state index in [0.29, 0.717) is 13.1 Å². The number of nitrogens with zero attached hydrogens (tertiary/aromatic N) is 3. The van der Waals surface area contributed by atoms with Gasteiger partial charge >= 0.3 is 0 Å². The average Bonchev–Trinajstić information content (AvgIpc) is 3.61. The lowest BCUT2D eigenvalue weighted by Crippen LogP contribution is -2.40. The SMILES string of the molecule is N#CC1(NC(=O)C2CCCCC2)CC1.O=S1(=O)CCN(c2ccc(-c3cnc(Nc4ccccc4)s3)cc2)CC1. The number of para-hydroxylation sites is 1. The van der Waals surface area contributed by atoms with Crippen molar-refractivity contribution in [1.29, 1.82) is 5.26 Å². The monoisotopic (exact) mass is 577 g/mol. The number of hydrogen-bond donors (Lipinski definition) is 2. The molecule has 210 valence electrons. The number of rotatable bonds is 6. The number of anilines is 3. The molecule has 0 radical (unpaired) electrons. The molecule has 8 nitrogen and oxygen atoms in total. The maximum Gasteiger partial charge on any atom is 0.224 e. The van der Waals surface area contributed by atoms with Crippen molar-refractivity contribution in [3.8, 4) is 16.5 Å². The smallest absolute Gasteiger partial charge is 0.224 e. The van der Waals surface area contributed by atoms with Crippen molar-refractivity contribution in [2.45, 2.75) is 50.5 Å².